The van der Waals surface area contributed by atoms with E-state index in [0.29, 0.717) is 20.5 Å². The van der Waals surface area contributed by atoms with Crippen LogP contribution in [0.5, 0.6) is 0 Å². The van der Waals surface area contributed by atoms with E-state index >= 15 is 0 Å². The number of aromatic nitrogens is 1. The minimum absolute atomic E-state index is 0.0906. The Morgan fingerprint density at radius 2 is 2.00 bits per heavy atom. The summed E-state index contributed by atoms with van der Waals surface area (Å²) >= 11 is 6.96. The van der Waals surface area contributed by atoms with Crippen LogP contribution < -0.4 is 15.8 Å². The maximum atomic E-state index is 13.1. The van der Waals surface area contributed by atoms with Gasteiger partial charge in [0.25, 0.3) is 11.5 Å². The molecule has 1 fully saturated rings. The van der Waals surface area contributed by atoms with Gasteiger partial charge in [0, 0.05) is 11.9 Å². The van der Waals surface area contributed by atoms with Crippen LogP contribution in [0.25, 0.3) is 5.69 Å². The highest BCUT2D eigenvalue weighted by molar-refractivity contribution is 7.18. The quantitative estimate of drug-likeness (QED) is 0.541. The monoisotopic (exact) mass is 511 g/mol. The highest BCUT2D eigenvalue weighted by Gasteiger charge is 2.35. The van der Waals surface area contributed by atoms with Crippen LogP contribution in [0.2, 0.25) is 4.34 Å². The zero-order chi connectivity index (χ0) is 24.6. The fraction of sp³-hybridized carbons (Fsp3) is 0.227. The van der Waals surface area contributed by atoms with Gasteiger partial charge in [-0.3, -0.25) is 19.1 Å². The molecule has 1 atom stereocenters. The molecule has 0 saturated carbocycles. The number of anilines is 1. The Balaban J connectivity index is 1.48. The standard InChI is InChI=1S/C22H17ClF3N3O4S/c1-12-9-13(4-5-16(12)28-8-2-3-15(20(28)31)22(24,25)26)29-11-14(33-21(29)32)10-27-19(30)17-6-7-18(23)34-17/h2-9,14H,10-11H2,1H3,(H,27,30)/t14-/m0/s1. The molecule has 12 heteroatoms. The summed E-state index contributed by atoms with van der Waals surface area (Å²) in [5.74, 6) is -0.335. The van der Waals surface area contributed by atoms with Crippen molar-refractivity contribution in [1.82, 2.24) is 9.88 Å². The molecule has 178 valence electrons. The van der Waals surface area contributed by atoms with Gasteiger partial charge in [0.1, 0.15) is 11.7 Å². The number of aryl methyl sites for hydroxylation is 1. The average Bonchev–Trinajstić information content (AvgIpc) is 3.37. The Kier molecular flexibility index (Phi) is 6.41. The highest BCUT2D eigenvalue weighted by atomic mass is 35.5. The molecule has 0 unspecified atom stereocenters. The lowest BCUT2D eigenvalue weighted by atomic mass is 10.1. The largest absolute Gasteiger partial charge is 0.442 e. The van der Waals surface area contributed by atoms with Gasteiger partial charge in [-0.05, 0) is 55.0 Å². The van der Waals surface area contributed by atoms with Crippen molar-refractivity contribution in [3.05, 3.63) is 79.4 Å². The first-order chi connectivity index (χ1) is 16.0. The lowest BCUT2D eigenvalue weighted by molar-refractivity contribution is -0.138. The summed E-state index contributed by atoms with van der Waals surface area (Å²) in [4.78, 5) is 38.7. The Morgan fingerprint density at radius 3 is 2.65 bits per heavy atom. The summed E-state index contributed by atoms with van der Waals surface area (Å²) in [5.41, 5.74) is -1.26. The van der Waals surface area contributed by atoms with Crippen LogP contribution in [0.15, 0.2) is 53.5 Å². The van der Waals surface area contributed by atoms with E-state index in [1.165, 1.54) is 23.2 Å². The third-order valence-corrected chi connectivity index (χ3v) is 6.40. The van der Waals surface area contributed by atoms with Gasteiger partial charge < -0.3 is 10.1 Å². The van der Waals surface area contributed by atoms with Crippen molar-refractivity contribution in [3.63, 3.8) is 0 Å². The van der Waals surface area contributed by atoms with Crippen LogP contribution in [0, 0.1) is 6.92 Å². The molecule has 2 amide bonds. The molecular weight excluding hydrogens is 495 g/mol. The minimum Gasteiger partial charge on any atom is -0.442 e. The number of nitrogens with one attached hydrogen (secondary N) is 1. The Labute approximate surface area is 200 Å². The first-order valence-corrected chi connectivity index (χ1v) is 11.2. The van der Waals surface area contributed by atoms with Crippen molar-refractivity contribution < 1.29 is 27.5 Å². The highest BCUT2D eigenvalue weighted by Crippen LogP contribution is 2.28. The molecule has 1 aliphatic rings. The maximum absolute atomic E-state index is 13.1. The van der Waals surface area contributed by atoms with Crippen LogP contribution >= 0.6 is 22.9 Å². The molecule has 34 heavy (non-hydrogen) atoms. The molecule has 3 aromatic rings. The number of hydrogen-bond acceptors (Lipinski definition) is 5. The summed E-state index contributed by atoms with van der Waals surface area (Å²) in [6.07, 6.45) is -4.74. The van der Waals surface area contributed by atoms with E-state index in [4.69, 9.17) is 16.3 Å². The summed E-state index contributed by atoms with van der Waals surface area (Å²) in [6, 6.07) is 9.65. The fourth-order valence-corrected chi connectivity index (χ4v) is 4.51. The molecule has 0 bridgehead atoms. The van der Waals surface area contributed by atoms with Gasteiger partial charge >= 0.3 is 12.3 Å². The average molecular weight is 512 g/mol. The van der Waals surface area contributed by atoms with Crippen molar-refractivity contribution in [2.45, 2.75) is 19.2 Å². The summed E-state index contributed by atoms with van der Waals surface area (Å²) < 4.78 is 46.0. The topological polar surface area (TPSA) is 80.6 Å². The molecule has 1 saturated heterocycles. The molecular formula is C22H17ClF3N3O4S. The molecule has 2 aromatic heterocycles. The van der Waals surface area contributed by atoms with Gasteiger partial charge in [0.05, 0.1) is 28.0 Å². The van der Waals surface area contributed by atoms with Crippen molar-refractivity contribution in [1.29, 1.82) is 0 Å². The van der Waals surface area contributed by atoms with Gasteiger partial charge in [-0.25, -0.2) is 4.79 Å². The zero-order valence-corrected chi connectivity index (χ0v) is 19.1. The lowest BCUT2D eigenvalue weighted by Gasteiger charge is -2.17. The number of rotatable bonds is 5. The number of benzene rings is 1. The second-order valence-corrected chi connectivity index (χ2v) is 9.21. The van der Waals surface area contributed by atoms with E-state index in [1.807, 2.05) is 0 Å². The number of halogens is 4. The van der Waals surface area contributed by atoms with E-state index < -0.39 is 29.5 Å². The minimum atomic E-state index is -4.77. The van der Waals surface area contributed by atoms with E-state index in [-0.39, 0.29) is 24.7 Å². The van der Waals surface area contributed by atoms with Crippen LogP contribution in [0.1, 0.15) is 20.8 Å². The van der Waals surface area contributed by atoms with Crippen LogP contribution in [0.4, 0.5) is 23.7 Å². The number of alkyl halides is 3. The smallest absolute Gasteiger partial charge is 0.421 e. The third-order valence-electron chi connectivity index (χ3n) is 5.17. The molecule has 1 aromatic carbocycles. The second-order valence-electron chi connectivity index (χ2n) is 7.50. The summed E-state index contributed by atoms with van der Waals surface area (Å²) in [7, 11) is 0. The number of carbonyl (C=O) groups excluding carboxylic acids is 2. The molecule has 0 spiro atoms. The number of nitrogens with zero attached hydrogens (tertiary/aromatic N) is 2. The summed E-state index contributed by atoms with van der Waals surface area (Å²) in [6.45, 7) is 1.87. The molecule has 4 rings (SSSR count). The van der Waals surface area contributed by atoms with Crippen molar-refractivity contribution in [2.24, 2.45) is 0 Å². The number of thiophene rings is 1. The van der Waals surface area contributed by atoms with Crippen molar-refractivity contribution in [3.8, 4) is 5.69 Å². The molecule has 7 nitrogen and oxygen atoms in total. The zero-order valence-electron chi connectivity index (χ0n) is 17.6. The van der Waals surface area contributed by atoms with Crippen molar-refractivity contribution in [2.75, 3.05) is 18.0 Å². The van der Waals surface area contributed by atoms with Crippen molar-refractivity contribution >= 4 is 40.6 Å². The third kappa shape index (κ3) is 4.80. The SMILES string of the molecule is Cc1cc(N2C[C@H](CNC(=O)c3ccc(Cl)s3)OC2=O)ccc1-n1cccc(C(F)(F)F)c1=O. The van der Waals surface area contributed by atoms with E-state index in [1.54, 1.807) is 25.1 Å². The molecule has 1 N–H and O–H groups in total. The molecule has 0 radical (unpaired) electrons. The Morgan fingerprint density at radius 1 is 1.24 bits per heavy atom. The van der Waals surface area contributed by atoms with Gasteiger partial charge in [-0.1, -0.05) is 11.6 Å². The van der Waals surface area contributed by atoms with Crippen LogP contribution in [-0.4, -0.2) is 35.8 Å². The van der Waals surface area contributed by atoms with Gasteiger partial charge in [-0.15, -0.1) is 11.3 Å². The predicted molar refractivity (Wildman–Crippen MR) is 121 cm³/mol. The van der Waals surface area contributed by atoms with E-state index in [0.717, 1.165) is 28.0 Å². The van der Waals surface area contributed by atoms with E-state index in [2.05, 4.69) is 5.32 Å². The second kappa shape index (κ2) is 9.15. The first kappa shape index (κ1) is 23.8. The number of ether oxygens (including phenoxy) is 1. The first-order valence-electron chi connectivity index (χ1n) is 9.96. The number of hydrogen-bond donors (Lipinski definition) is 1. The van der Waals surface area contributed by atoms with Gasteiger partial charge in [0.2, 0.25) is 0 Å². The molecule has 0 aliphatic carbocycles. The van der Waals surface area contributed by atoms with E-state index in [9.17, 15) is 27.6 Å². The predicted octanol–water partition coefficient (Wildman–Crippen LogP) is 4.63. The lowest BCUT2D eigenvalue weighted by Crippen LogP contribution is -2.34. The molecule has 1 aliphatic heterocycles. The number of cyclic esters (lactones) is 1. The van der Waals surface area contributed by atoms with Crippen LogP contribution in [0.3, 0.4) is 0 Å². The fourth-order valence-electron chi connectivity index (χ4n) is 3.55. The Bertz CT molecular complexity index is 1320. The number of amides is 2. The molecule has 3 heterocycles. The summed E-state index contributed by atoms with van der Waals surface area (Å²) in [5, 5.41) is 2.69. The normalized spacial score (nSPS) is 16.0. The number of carbonyl (C=O) groups is 2. The Hall–Kier alpha value is -3.31. The van der Waals surface area contributed by atoms with Gasteiger partial charge in [0.15, 0.2) is 0 Å². The number of pyridine rings is 1. The maximum Gasteiger partial charge on any atom is 0.421 e. The van der Waals surface area contributed by atoms with Gasteiger partial charge in [-0.2, -0.15) is 13.2 Å². The van der Waals surface area contributed by atoms with Crippen LogP contribution in [-0.2, 0) is 10.9 Å².